The summed E-state index contributed by atoms with van der Waals surface area (Å²) in [5.41, 5.74) is 2.40. The maximum absolute atomic E-state index is 3.84. The van der Waals surface area contributed by atoms with Gasteiger partial charge in [0.15, 0.2) is 0 Å². The first-order valence-electron chi connectivity index (χ1n) is 7.41. The van der Waals surface area contributed by atoms with E-state index in [2.05, 4.69) is 72.9 Å². The highest BCUT2D eigenvalue weighted by atomic mass is 127. The van der Waals surface area contributed by atoms with Crippen LogP contribution in [0.15, 0.2) is 24.3 Å². The number of fused-ring (bicyclic) bond motifs is 2. The molecule has 0 amide bonds. The van der Waals surface area contributed by atoms with Gasteiger partial charge in [-0.1, -0.05) is 32.9 Å². The second-order valence-corrected chi connectivity index (χ2v) is 8.42. The van der Waals surface area contributed by atoms with Gasteiger partial charge in [0.25, 0.3) is 0 Å². The molecule has 4 heteroatoms. The van der Waals surface area contributed by atoms with Crippen LogP contribution < -0.4 is 5.32 Å². The first-order valence-corrected chi connectivity index (χ1v) is 8.49. The summed E-state index contributed by atoms with van der Waals surface area (Å²) in [6, 6.07) is 9.58. The Hall–Kier alpha value is 0.930. The average molecular weight is 534 g/mol. The Bertz CT molecular complexity index is 474. The smallest absolute Gasteiger partial charge is 0.0208 e. The Balaban J connectivity index is 0.00000110. The third-order valence-corrected chi connectivity index (χ3v) is 6.98. The Kier molecular flexibility index (Phi) is 6.87. The Labute approximate surface area is 166 Å². The van der Waals surface area contributed by atoms with Crippen LogP contribution in [0.1, 0.15) is 45.6 Å². The SMILES string of the molecule is CC1(C)C2CCC1(C)C(NCc1ccc(I)cc1)C2.Cl.I. The fraction of sp³-hybridized carbons (Fsp3) is 0.647. The zero-order valence-electron chi connectivity index (χ0n) is 13.0. The van der Waals surface area contributed by atoms with Crippen LogP contribution in [-0.2, 0) is 6.54 Å². The highest BCUT2D eigenvalue weighted by Crippen LogP contribution is 2.65. The molecule has 2 saturated carbocycles. The van der Waals surface area contributed by atoms with Gasteiger partial charge in [-0.05, 0) is 76.3 Å². The Morgan fingerprint density at radius 3 is 2.29 bits per heavy atom. The molecule has 0 spiro atoms. The molecule has 2 fully saturated rings. The van der Waals surface area contributed by atoms with E-state index in [-0.39, 0.29) is 36.4 Å². The highest BCUT2D eigenvalue weighted by Gasteiger charge is 2.60. The van der Waals surface area contributed by atoms with E-state index in [4.69, 9.17) is 0 Å². The number of nitrogens with one attached hydrogen (secondary N) is 1. The molecular weight excluding hydrogens is 507 g/mol. The molecular formula is C17H26ClI2N. The first kappa shape index (κ1) is 20.0. The molecule has 0 radical (unpaired) electrons. The standard InChI is InChI=1S/C17H24IN.ClH.HI/c1-16(2)13-8-9-17(16,3)15(10-13)19-11-12-4-6-14(18)7-5-12;;/h4-7,13,15,19H,8-11H2,1-3H3;2*1H. The minimum atomic E-state index is 0. The normalized spacial score (nSPS) is 32.4. The lowest BCUT2D eigenvalue weighted by atomic mass is 9.69. The summed E-state index contributed by atoms with van der Waals surface area (Å²) in [6.07, 6.45) is 4.20. The second kappa shape index (κ2) is 7.22. The van der Waals surface area contributed by atoms with Crippen LogP contribution in [0, 0.1) is 20.3 Å². The Morgan fingerprint density at radius 1 is 1.19 bits per heavy atom. The first-order chi connectivity index (χ1) is 8.93. The van der Waals surface area contributed by atoms with Gasteiger partial charge in [0.05, 0.1) is 0 Å². The molecule has 2 aliphatic carbocycles. The molecule has 0 aliphatic heterocycles. The fourth-order valence-electron chi connectivity index (χ4n) is 4.36. The van der Waals surface area contributed by atoms with E-state index in [0.717, 1.165) is 12.5 Å². The van der Waals surface area contributed by atoms with Crippen LogP contribution in [0.3, 0.4) is 0 Å². The van der Waals surface area contributed by atoms with Crippen molar-refractivity contribution in [1.29, 1.82) is 0 Å². The van der Waals surface area contributed by atoms with E-state index >= 15 is 0 Å². The quantitative estimate of drug-likeness (QED) is 0.497. The molecule has 1 N–H and O–H groups in total. The zero-order valence-corrected chi connectivity index (χ0v) is 18.3. The van der Waals surface area contributed by atoms with Crippen molar-refractivity contribution in [2.24, 2.45) is 16.7 Å². The monoisotopic (exact) mass is 533 g/mol. The molecule has 1 aromatic rings. The molecule has 3 atom stereocenters. The van der Waals surface area contributed by atoms with Crippen LogP contribution in [0.25, 0.3) is 0 Å². The molecule has 1 nitrogen and oxygen atoms in total. The lowest BCUT2D eigenvalue weighted by molar-refractivity contribution is 0.120. The van der Waals surface area contributed by atoms with Crippen LogP contribution >= 0.6 is 59.0 Å². The fourth-order valence-corrected chi connectivity index (χ4v) is 4.72. The summed E-state index contributed by atoms with van der Waals surface area (Å²) < 4.78 is 1.31. The van der Waals surface area contributed by atoms with Gasteiger partial charge in [0.2, 0.25) is 0 Å². The molecule has 3 unspecified atom stereocenters. The zero-order chi connectivity index (χ0) is 13.7. The van der Waals surface area contributed by atoms with E-state index in [1.165, 1.54) is 28.4 Å². The molecule has 0 saturated heterocycles. The van der Waals surface area contributed by atoms with E-state index in [0.29, 0.717) is 16.9 Å². The molecule has 21 heavy (non-hydrogen) atoms. The number of halogens is 3. The van der Waals surface area contributed by atoms with Gasteiger partial charge in [0.1, 0.15) is 0 Å². The third-order valence-electron chi connectivity index (χ3n) is 6.26. The topological polar surface area (TPSA) is 12.0 Å². The van der Waals surface area contributed by atoms with Crippen molar-refractivity contribution in [3.63, 3.8) is 0 Å². The number of hydrogen-bond acceptors (Lipinski definition) is 1. The largest absolute Gasteiger partial charge is 0.309 e. The van der Waals surface area contributed by atoms with Crippen LogP contribution in [0.4, 0.5) is 0 Å². The van der Waals surface area contributed by atoms with E-state index in [1.54, 1.807) is 0 Å². The second-order valence-electron chi connectivity index (χ2n) is 7.17. The number of benzene rings is 1. The molecule has 1 aromatic carbocycles. The van der Waals surface area contributed by atoms with Gasteiger partial charge >= 0.3 is 0 Å². The number of hydrogen-bond donors (Lipinski definition) is 1. The van der Waals surface area contributed by atoms with Gasteiger partial charge in [-0.25, -0.2) is 0 Å². The van der Waals surface area contributed by atoms with Gasteiger partial charge in [-0.15, -0.1) is 36.4 Å². The van der Waals surface area contributed by atoms with Crippen molar-refractivity contribution in [3.8, 4) is 0 Å². The lowest BCUT2D eigenvalue weighted by Gasteiger charge is -2.39. The molecule has 120 valence electrons. The van der Waals surface area contributed by atoms with Crippen molar-refractivity contribution >= 4 is 59.0 Å². The van der Waals surface area contributed by atoms with Crippen molar-refractivity contribution in [2.45, 2.75) is 52.6 Å². The van der Waals surface area contributed by atoms with Crippen molar-refractivity contribution in [3.05, 3.63) is 33.4 Å². The minimum absolute atomic E-state index is 0. The maximum atomic E-state index is 3.84. The summed E-state index contributed by atoms with van der Waals surface area (Å²) in [7, 11) is 0. The predicted molar refractivity (Wildman–Crippen MR) is 112 cm³/mol. The van der Waals surface area contributed by atoms with Gasteiger partial charge in [0, 0.05) is 16.2 Å². The Morgan fingerprint density at radius 2 is 1.81 bits per heavy atom. The van der Waals surface area contributed by atoms with Crippen molar-refractivity contribution < 1.29 is 0 Å². The van der Waals surface area contributed by atoms with Crippen molar-refractivity contribution in [2.75, 3.05) is 0 Å². The van der Waals surface area contributed by atoms with E-state index in [1.807, 2.05) is 0 Å². The van der Waals surface area contributed by atoms with E-state index in [9.17, 15) is 0 Å². The lowest BCUT2D eigenvalue weighted by Crippen LogP contribution is -2.44. The third kappa shape index (κ3) is 3.41. The van der Waals surface area contributed by atoms with Crippen molar-refractivity contribution in [1.82, 2.24) is 5.32 Å². The molecule has 2 bridgehead atoms. The summed E-state index contributed by atoms with van der Waals surface area (Å²) in [5.74, 6) is 0.923. The van der Waals surface area contributed by atoms with Gasteiger partial charge in [-0.2, -0.15) is 0 Å². The van der Waals surface area contributed by atoms with E-state index < -0.39 is 0 Å². The molecule has 0 aromatic heterocycles. The van der Waals surface area contributed by atoms with Gasteiger partial charge < -0.3 is 5.32 Å². The molecule has 2 aliphatic rings. The number of rotatable bonds is 3. The predicted octanol–water partition coefficient (Wildman–Crippen LogP) is 5.64. The summed E-state index contributed by atoms with van der Waals surface area (Å²) in [6.45, 7) is 8.49. The molecule has 3 rings (SSSR count). The maximum Gasteiger partial charge on any atom is 0.0208 e. The highest BCUT2D eigenvalue weighted by molar-refractivity contribution is 14.1. The van der Waals surface area contributed by atoms with Crippen LogP contribution in [-0.4, -0.2) is 6.04 Å². The minimum Gasteiger partial charge on any atom is -0.309 e. The summed E-state index contributed by atoms with van der Waals surface area (Å²) in [5, 5.41) is 3.84. The molecule has 0 heterocycles. The summed E-state index contributed by atoms with van der Waals surface area (Å²) in [4.78, 5) is 0. The average Bonchev–Trinajstić information content (AvgIpc) is 2.71. The summed E-state index contributed by atoms with van der Waals surface area (Å²) >= 11 is 2.36. The van der Waals surface area contributed by atoms with Crippen LogP contribution in [0.2, 0.25) is 0 Å². The van der Waals surface area contributed by atoms with Gasteiger partial charge in [-0.3, -0.25) is 0 Å². The van der Waals surface area contributed by atoms with Crippen LogP contribution in [0.5, 0.6) is 0 Å².